The molecule has 0 aromatic carbocycles. The summed E-state index contributed by atoms with van der Waals surface area (Å²) in [5.74, 6) is 0. The molecule has 1 heterocycles. The molecule has 1 saturated heterocycles. The SMILES string of the molecule is [2H]N1CON([2H])C1([2H])[2H]. The van der Waals surface area contributed by atoms with Crippen LogP contribution in [0, 0.1) is 0 Å². The Balaban J connectivity index is 2.66. The average Bonchev–Trinajstić information content (AvgIpc) is 1.96. The third kappa shape index (κ3) is 0.576. The molecule has 3 nitrogen and oxygen atoms in total. The second-order valence-corrected chi connectivity index (χ2v) is 0.608. The van der Waals surface area contributed by atoms with Crippen LogP contribution in [0.4, 0.5) is 0 Å². The zero-order valence-electron chi connectivity index (χ0n) is 6.51. The van der Waals surface area contributed by atoms with Crippen molar-refractivity contribution in [3.8, 4) is 0 Å². The van der Waals surface area contributed by atoms with E-state index in [9.17, 15) is 0 Å². The predicted octanol–water partition coefficient (Wildman–Crippen LogP) is -0.974. The zero-order valence-corrected chi connectivity index (χ0v) is 2.51. The number of hydroxylamine groups is 1. The van der Waals surface area contributed by atoms with Crippen LogP contribution in [0.15, 0.2) is 0 Å². The number of rotatable bonds is 0. The van der Waals surface area contributed by atoms with Crippen LogP contribution < -0.4 is 10.8 Å². The van der Waals surface area contributed by atoms with E-state index in [1.807, 2.05) is 0 Å². The summed E-state index contributed by atoms with van der Waals surface area (Å²) < 4.78 is 27.4. The molecule has 1 fully saturated rings. The first-order chi connectivity index (χ1) is 4.05. The highest BCUT2D eigenvalue weighted by Gasteiger charge is 1.90. The van der Waals surface area contributed by atoms with Crippen LogP contribution in [0.3, 0.4) is 0 Å². The fourth-order valence-electron chi connectivity index (χ4n) is 0.144. The van der Waals surface area contributed by atoms with Crippen LogP contribution in [0.1, 0.15) is 2.74 Å². The molecule has 1 rings (SSSR count). The van der Waals surface area contributed by atoms with Gasteiger partial charge in [0.2, 0.25) is 0 Å². The highest BCUT2D eigenvalue weighted by molar-refractivity contribution is 4.32. The summed E-state index contributed by atoms with van der Waals surface area (Å²) in [7, 11) is 0. The Morgan fingerprint density at radius 1 is 2.20 bits per heavy atom. The fraction of sp³-hybridized carbons (Fsp3) is 1.00. The molecule has 1 aliphatic rings. The molecule has 0 unspecified atom stereocenters. The van der Waals surface area contributed by atoms with E-state index in [-0.39, 0.29) is 12.2 Å². The van der Waals surface area contributed by atoms with Gasteiger partial charge < -0.3 is 0 Å². The van der Waals surface area contributed by atoms with Crippen LogP contribution in [-0.2, 0) is 4.84 Å². The molecule has 5 heavy (non-hydrogen) atoms. The molecule has 2 N–H and O–H groups in total. The van der Waals surface area contributed by atoms with E-state index in [0.29, 0.717) is 5.31 Å². The van der Waals surface area contributed by atoms with Crippen molar-refractivity contribution in [3.63, 3.8) is 0 Å². The molecule has 0 aliphatic carbocycles. The summed E-state index contributed by atoms with van der Waals surface area (Å²) in [6.45, 7) is -2.31. The van der Waals surface area contributed by atoms with Crippen LogP contribution in [-0.4, -0.2) is 13.4 Å². The monoisotopic (exact) mass is 78.1 g/mol. The maximum absolute atomic E-state index is 6.92. The van der Waals surface area contributed by atoms with E-state index >= 15 is 0 Å². The first kappa shape index (κ1) is 0.932. The van der Waals surface area contributed by atoms with Gasteiger partial charge in [0.25, 0.3) is 0 Å². The number of nitrogens with one attached hydrogen (secondary N) is 2. The van der Waals surface area contributed by atoms with Gasteiger partial charge >= 0.3 is 0 Å². The standard InChI is InChI=1S/C2H6N2O/c1-3-2-5-4-1/h3-4H,1-2H2/i1D2/hD2. The molecule has 0 aromatic rings. The molecular weight excluding hydrogens is 68.0 g/mol. The van der Waals surface area contributed by atoms with Gasteiger partial charge in [-0.1, -0.05) is 0 Å². The van der Waals surface area contributed by atoms with Gasteiger partial charge in [0, 0.05) is 0 Å². The summed E-state index contributed by atoms with van der Waals surface area (Å²) in [6, 6.07) is 0. The van der Waals surface area contributed by atoms with E-state index in [1.54, 1.807) is 0 Å². The van der Waals surface area contributed by atoms with Crippen molar-refractivity contribution in [2.24, 2.45) is 0 Å². The Bertz CT molecular complexity index is 107. The lowest BCUT2D eigenvalue weighted by Crippen LogP contribution is -2.10. The lowest BCUT2D eigenvalue weighted by atomic mass is 11.1. The second kappa shape index (κ2) is 1.35. The predicted molar refractivity (Wildman–Crippen MR) is 17.1 cm³/mol. The van der Waals surface area contributed by atoms with E-state index in [0.717, 1.165) is 0 Å². The lowest BCUT2D eigenvalue weighted by molar-refractivity contribution is 0.0999. The van der Waals surface area contributed by atoms with Crippen molar-refractivity contribution in [1.82, 2.24) is 10.8 Å². The molecule has 0 bridgehead atoms. The van der Waals surface area contributed by atoms with Gasteiger partial charge in [-0.3, -0.25) is 10.1 Å². The molecule has 1 aliphatic heterocycles. The Labute approximate surface area is 36.0 Å². The molecule has 3 heteroatoms. The van der Waals surface area contributed by atoms with E-state index < -0.39 is 6.62 Å². The normalized spacial score (nSPS) is 53.6. The average molecular weight is 78.1 g/mol. The summed E-state index contributed by atoms with van der Waals surface area (Å²) >= 11 is 0. The van der Waals surface area contributed by atoms with Crippen molar-refractivity contribution >= 4 is 0 Å². The van der Waals surface area contributed by atoms with Crippen molar-refractivity contribution in [3.05, 3.63) is 0 Å². The quantitative estimate of drug-likeness (QED) is 0.391. The van der Waals surface area contributed by atoms with Gasteiger partial charge in [-0.15, -0.1) is 0 Å². The Hall–Kier alpha value is -0.120. The molecule has 0 amide bonds. The molecule has 0 atom stereocenters. The van der Waals surface area contributed by atoms with Gasteiger partial charge in [0.05, 0.1) is 9.36 Å². The minimum Gasteiger partial charge on any atom is -0.285 e. The molecular formula is C2H6N2O. The Morgan fingerprint density at radius 3 is 3.40 bits per heavy atom. The topological polar surface area (TPSA) is 33.3 Å². The molecule has 30 valence electrons. The van der Waals surface area contributed by atoms with Crippen LogP contribution in [0.5, 0.6) is 0 Å². The van der Waals surface area contributed by atoms with Gasteiger partial charge in [0.15, 0.2) is 1.41 Å². The summed E-state index contributed by atoms with van der Waals surface area (Å²) in [5, 5.41) is 0.542. The molecule has 0 saturated carbocycles. The van der Waals surface area contributed by atoms with Gasteiger partial charge in [0.1, 0.15) is 8.14 Å². The van der Waals surface area contributed by atoms with Crippen LogP contribution >= 0.6 is 0 Å². The third-order valence-electron chi connectivity index (χ3n) is 0.298. The van der Waals surface area contributed by atoms with E-state index in [2.05, 4.69) is 4.84 Å². The second-order valence-electron chi connectivity index (χ2n) is 0.608. The smallest absolute Gasteiger partial charge is 0.156 e. The van der Waals surface area contributed by atoms with Gasteiger partial charge in [-0.2, -0.15) is 5.47 Å². The Morgan fingerprint density at radius 2 is 3.20 bits per heavy atom. The molecule has 0 radical (unpaired) electrons. The minimum absolute atomic E-state index is 0.198. The maximum Gasteiger partial charge on any atom is 0.156 e. The highest BCUT2D eigenvalue weighted by Crippen LogP contribution is 1.65. The summed E-state index contributed by atoms with van der Waals surface area (Å²) in [6.07, 6.45) is 0. The molecule has 0 aromatic heterocycles. The van der Waals surface area contributed by atoms with Crippen LogP contribution in [0.2, 0.25) is 2.82 Å². The Kier molecular flexibility index (Phi) is 0.252. The van der Waals surface area contributed by atoms with Gasteiger partial charge in [-0.25, -0.2) is 0 Å². The lowest BCUT2D eigenvalue weighted by Gasteiger charge is -1.77. The van der Waals surface area contributed by atoms with Crippen molar-refractivity contribution in [2.45, 2.75) is 0 Å². The largest absolute Gasteiger partial charge is 0.285 e. The number of hydrogen-bond donors (Lipinski definition) is 2. The van der Waals surface area contributed by atoms with Crippen molar-refractivity contribution in [1.29, 1.82) is 0 Å². The maximum atomic E-state index is 6.92. The minimum atomic E-state index is -2.11. The first-order valence-electron chi connectivity index (χ1n) is 3.13. The van der Waals surface area contributed by atoms with Crippen LogP contribution in [0.25, 0.3) is 0 Å². The van der Waals surface area contributed by atoms with Crippen molar-refractivity contribution in [2.75, 3.05) is 13.4 Å². The third-order valence-corrected chi connectivity index (χ3v) is 0.298. The van der Waals surface area contributed by atoms with Crippen molar-refractivity contribution < 1.29 is 10.4 Å². The molecule has 0 spiro atoms. The summed E-state index contributed by atoms with van der Waals surface area (Å²) in [5.41, 5.74) is 0.264. The number of hydrogen-bond acceptors (Lipinski definition) is 3. The fourth-order valence-corrected chi connectivity index (χ4v) is 0.144. The summed E-state index contributed by atoms with van der Waals surface area (Å²) in [4.78, 5) is 4.34. The van der Waals surface area contributed by atoms with E-state index in [1.165, 1.54) is 0 Å². The highest BCUT2D eigenvalue weighted by atomic mass is 16.7. The first-order valence-corrected chi connectivity index (χ1v) is 1.23. The van der Waals surface area contributed by atoms with E-state index in [4.69, 9.17) is 5.57 Å². The zero-order chi connectivity index (χ0) is 7.07. The van der Waals surface area contributed by atoms with Gasteiger partial charge in [-0.05, 0) is 0 Å².